The summed E-state index contributed by atoms with van der Waals surface area (Å²) in [5.41, 5.74) is 0. The van der Waals surface area contributed by atoms with E-state index in [0.717, 1.165) is 13.1 Å². The number of nitrogens with one attached hydrogen (secondary N) is 1. The van der Waals surface area contributed by atoms with Crippen molar-refractivity contribution in [1.29, 1.82) is 0 Å². The molecule has 0 aliphatic carbocycles. The zero-order chi connectivity index (χ0) is 8.69. The Labute approximate surface area is 68.1 Å². The van der Waals surface area contributed by atoms with Gasteiger partial charge in [-0.1, -0.05) is 0 Å². The number of nitrogens with zero attached hydrogens (tertiary/aromatic N) is 1. The lowest BCUT2D eigenvalue weighted by Crippen LogP contribution is -2.28. The number of amides is 1. The van der Waals surface area contributed by atoms with Crippen LogP contribution in [0.3, 0.4) is 0 Å². The van der Waals surface area contributed by atoms with Gasteiger partial charge in [0.15, 0.2) is 0 Å². The lowest BCUT2D eigenvalue weighted by molar-refractivity contribution is -0.125. The third kappa shape index (κ3) is 3.65. The Morgan fingerprint density at radius 1 is 1.45 bits per heavy atom. The topological polar surface area (TPSA) is 32.3 Å². The Morgan fingerprint density at radius 2 is 2.00 bits per heavy atom. The summed E-state index contributed by atoms with van der Waals surface area (Å²) in [6, 6.07) is 0. The summed E-state index contributed by atoms with van der Waals surface area (Å²) < 4.78 is 0. The van der Waals surface area contributed by atoms with Crippen molar-refractivity contribution >= 4 is 5.91 Å². The van der Waals surface area contributed by atoms with E-state index in [1.807, 2.05) is 13.8 Å². The maximum Gasteiger partial charge on any atom is 0.247 e. The minimum Gasteiger partial charge on any atom is -0.394 e. The first-order chi connectivity index (χ1) is 5.26. The van der Waals surface area contributed by atoms with Gasteiger partial charge in [0.2, 0.25) is 5.91 Å². The highest BCUT2D eigenvalue weighted by Gasteiger charge is 2.03. The Bertz CT molecular complexity index is 139. The van der Waals surface area contributed by atoms with E-state index in [2.05, 4.69) is 5.32 Å². The summed E-state index contributed by atoms with van der Waals surface area (Å²) in [4.78, 5) is 12.9. The SMILES string of the molecule is CCN(CC)C(=O)C=CNC. The van der Waals surface area contributed by atoms with Gasteiger partial charge in [-0.2, -0.15) is 0 Å². The molecule has 3 heteroatoms. The van der Waals surface area contributed by atoms with Crippen LogP contribution in [0.1, 0.15) is 13.8 Å². The Kier molecular flexibility index (Phi) is 5.25. The second kappa shape index (κ2) is 5.77. The molecule has 0 fully saturated rings. The molecule has 0 aromatic carbocycles. The van der Waals surface area contributed by atoms with Crippen molar-refractivity contribution in [2.24, 2.45) is 0 Å². The van der Waals surface area contributed by atoms with E-state index < -0.39 is 0 Å². The summed E-state index contributed by atoms with van der Waals surface area (Å²) in [7, 11) is 1.77. The van der Waals surface area contributed by atoms with Crippen molar-refractivity contribution in [2.75, 3.05) is 20.1 Å². The van der Waals surface area contributed by atoms with E-state index in [0.29, 0.717) is 0 Å². The minimum atomic E-state index is 0.0596. The van der Waals surface area contributed by atoms with Crippen molar-refractivity contribution in [3.8, 4) is 0 Å². The molecule has 0 radical (unpaired) electrons. The first-order valence-corrected chi connectivity index (χ1v) is 3.89. The fourth-order valence-electron chi connectivity index (χ4n) is 0.795. The van der Waals surface area contributed by atoms with E-state index >= 15 is 0 Å². The lowest BCUT2D eigenvalue weighted by Gasteiger charge is -2.15. The molecule has 1 amide bonds. The molecule has 11 heavy (non-hydrogen) atoms. The fourth-order valence-corrected chi connectivity index (χ4v) is 0.795. The van der Waals surface area contributed by atoms with Crippen LogP contribution in [-0.2, 0) is 4.79 Å². The van der Waals surface area contributed by atoms with E-state index in [1.165, 1.54) is 6.08 Å². The van der Waals surface area contributed by atoms with Crippen LogP contribution >= 0.6 is 0 Å². The van der Waals surface area contributed by atoms with Gasteiger partial charge in [0, 0.05) is 32.4 Å². The molecule has 1 N–H and O–H groups in total. The van der Waals surface area contributed by atoms with Crippen molar-refractivity contribution in [2.45, 2.75) is 13.8 Å². The summed E-state index contributed by atoms with van der Waals surface area (Å²) in [6.45, 7) is 5.47. The highest BCUT2D eigenvalue weighted by molar-refractivity contribution is 5.87. The maximum absolute atomic E-state index is 11.2. The first-order valence-electron chi connectivity index (χ1n) is 3.89. The van der Waals surface area contributed by atoms with Crippen LogP contribution in [0.25, 0.3) is 0 Å². The second-order valence-corrected chi connectivity index (χ2v) is 2.13. The van der Waals surface area contributed by atoms with Crippen LogP contribution < -0.4 is 5.32 Å². The normalized spacial score (nSPS) is 10.1. The Hall–Kier alpha value is -0.990. The predicted molar refractivity (Wildman–Crippen MR) is 46.1 cm³/mol. The zero-order valence-corrected chi connectivity index (χ0v) is 7.42. The molecule has 64 valence electrons. The van der Waals surface area contributed by atoms with Crippen molar-refractivity contribution in [3.63, 3.8) is 0 Å². The van der Waals surface area contributed by atoms with Crippen molar-refractivity contribution in [1.82, 2.24) is 10.2 Å². The van der Waals surface area contributed by atoms with Gasteiger partial charge < -0.3 is 10.2 Å². The van der Waals surface area contributed by atoms with Crippen molar-refractivity contribution in [3.05, 3.63) is 12.3 Å². The number of rotatable bonds is 4. The number of likely N-dealkylation sites (N-methyl/N-ethyl adjacent to an activating group) is 1. The van der Waals surface area contributed by atoms with E-state index in [1.54, 1.807) is 18.1 Å². The fraction of sp³-hybridized carbons (Fsp3) is 0.625. The van der Waals surface area contributed by atoms with Gasteiger partial charge in [-0.15, -0.1) is 0 Å². The van der Waals surface area contributed by atoms with Gasteiger partial charge in [0.05, 0.1) is 0 Å². The monoisotopic (exact) mass is 156 g/mol. The predicted octanol–water partition coefficient (Wildman–Crippen LogP) is 0.588. The first kappa shape index (κ1) is 10.0. The molecular weight excluding hydrogens is 140 g/mol. The third-order valence-electron chi connectivity index (χ3n) is 1.47. The van der Waals surface area contributed by atoms with Crippen LogP contribution in [-0.4, -0.2) is 30.9 Å². The summed E-state index contributed by atoms with van der Waals surface area (Å²) in [5.74, 6) is 0.0596. The molecular formula is C8H16N2O. The summed E-state index contributed by atoms with van der Waals surface area (Å²) in [5, 5.41) is 2.77. The van der Waals surface area contributed by atoms with Gasteiger partial charge in [-0.3, -0.25) is 4.79 Å². The highest BCUT2D eigenvalue weighted by atomic mass is 16.2. The number of carbonyl (C=O) groups is 1. The number of hydrogen-bond donors (Lipinski definition) is 1. The third-order valence-corrected chi connectivity index (χ3v) is 1.47. The standard InChI is InChI=1S/C8H16N2O/c1-4-10(5-2)8(11)6-7-9-3/h6-7,9H,4-5H2,1-3H3. The van der Waals surface area contributed by atoms with Crippen LogP contribution in [0.4, 0.5) is 0 Å². The zero-order valence-electron chi connectivity index (χ0n) is 7.42. The van der Waals surface area contributed by atoms with E-state index in [-0.39, 0.29) is 5.91 Å². The molecule has 0 saturated heterocycles. The van der Waals surface area contributed by atoms with Gasteiger partial charge in [-0.25, -0.2) is 0 Å². The molecule has 0 rings (SSSR count). The molecule has 0 atom stereocenters. The van der Waals surface area contributed by atoms with Crippen LogP contribution in [0.2, 0.25) is 0 Å². The molecule has 0 aromatic heterocycles. The highest BCUT2D eigenvalue weighted by Crippen LogP contribution is 1.88. The Morgan fingerprint density at radius 3 is 2.36 bits per heavy atom. The van der Waals surface area contributed by atoms with Gasteiger partial charge in [0.1, 0.15) is 0 Å². The van der Waals surface area contributed by atoms with E-state index in [9.17, 15) is 4.79 Å². The molecule has 0 saturated carbocycles. The van der Waals surface area contributed by atoms with Gasteiger partial charge >= 0.3 is 0 Å². The molecule has 0 spiro atoms. The quantitative estimate of drug-likeness (QED) is 0.604. The van der Waals surface area contributed by atoms with Crippen molar-refractivity contribution < 1.29 is 4.79 Å². The van der Waals surface area contributed by atoms with Crippen LogP contribution in [0.15, 0.2) is 12.3 Å². The molecule has 0 aliphatic rings. The second-order valence-electron chi connectivity index (χ2n) is 2.13. The molecule has 0 aromatic rings. The van der Waals surface area contributed by atoms with Crippen LogP contribution in [0, 0.1) is 0 Å². The average molecular weight is 156 g/mol. The summed E-state index contributed by atoms with van der Waals surface area (Å²) in [6.07, 6.45) is 3.17. The molecule has 3 nitrogen and oxygen atoms in total. The Balaban J connectivity index is 3.88. The summed E-state index contributed by atoms with van der Waals surface area (Å²) >= 11 is 0. The molecule has 0 unspecified atom stereocenters. The molecule has 0 heterocycles. The molecule has 0 bridgehead atoms. The van der Waals surface area contributed by atoms with Gasteiger partial charge in [-0.05, 0) is 13.8 Å². The minimum absolute atomic E-state index is 0.0596. The largest absolute Gasteiger partial charge is 0.394 e. The smallest absolute Gasteiger partial charge is 0.247 e. The molecule has 0 aliphatic heterocycles. The maximum atomic E-state index is 11.2. The van der Waals surface area contributed by atoms with E-state index in [4.69, 9.17) is 0 Å². The lowest BCUT2D eigenvalue weighted by atomic mass is 10.4. The average Bonchev–Trinajstić information content (AvgIpc) is 2.03. The van der Waals surface area contributed by atoms with Crippen LogP contribution in [0.5, 0.6) is 0 Å². The van der Waals surface area contributed by atoms with Gasteiger partial charge in [0.25, 0.3) is 0 Å². The number of carbonyl (C=O) groups excluding carboxylic acids is 1. The number of hydrogen-bond acceptors (Lipinski definition) is 2.